The van der Waals surface area contributed by atoms with Crippen LogP contribution in [0.5, 0.6) is 0 Å². The molecule has 1 aromatic heterocycles. The number of esters is 1. The molecule has 0 radical (unpaired) electrons. The predicted molar refractivity (Wildman–Crippen MR) is 120 cm³/mol. The van der Waals surface area contributed by atoms with Gasteiger partial charge in [0.25, 0.3) is 0 Å². The lowest BCUT2D eigenvalue weighted by molar-refractivity contribution is -0.154. The van der Waals surface area contributed by atoms with Crippen molar-refractivity contribution in [3.8, 4) is 0 Å². The minimum Gasteiger partial charge on any atom is -0.469 e. The Labute approximate surface area is 185 Å². The van der Waals surface area contributed by atoms with Crippen molar-refractivity contribution in [2.45, 2.75) is 64.6 Å². The molecule has 0 spiro atoms. The third-order valence-corrected chi connectivity index (χ3v) is 4.01. The van der Waals surface area contributed by atoms with Crippen molar-refractivity contribution in [2.75, 3.05) is 26.2 Å². The molecule has 1 atom stereocenters. The van der Waals surface area contributed by atoms with E-state index in [1.165, 1.54) is 6.42 Å². The minimum absolute atomic E-state index is 0. The molecule has 28 heavy (non-hydrogen) atoms. The molecule has 0 aromatic carbocycles. The van der Waals surface area contributed by atoms with Crippen LogP contribution in [0.4, 0.5) is 0 Å². The standard InChI is InChI=1S/C20H33N3O4.HI/c1-20(2,3)27-18(24)10-12-22-19(21-11-9-16-8-6-14-25-16)23-15-17-7-4-5-13-26-17;/h6,8,14,17H,4-5,7,9-13,15H2,1-3H3,(H2,21,22,23);1H. The second-order valence-electron chi connectivity index (χ2n) is 7.70. The first kappa shape index (κ1) is 24.7. The first-order valence-corrected chi connectivity index (χ1v) is 9.80. The van der Waals surface area contributed by atoms with E-state index in [0.29, 0.717) is 25.6 Å². The Morgan fingerprint density at radius 3 is 2.71 bits per heavy atom. The minimum atomic E-state index is -0.465. The second-order valence-corrected chi connectivity index (χ2v) is 7.70. The summed E-state index contributed by atoms with van der Waals surface area (Å²) in [6.07, 6.45) is 6.25. The highest BCUT2D eigenvalue weighted by Crippen LogP contribution is 2.12. The Bertz CT molecular complexity index is 579. The first-order valence-electron chi connectivity index (χ1n) is 9.80. The van der Waals surface area contributed by atoms with Crippen LogP contribution in [0.2, 0.25) is 0 Å². The molecule has 0 aliphatic carbocycles. The van der Waals surface area contributed by atoms with Crippen LogP contribution < -0.4 is 10.6 Å². The fourth-order valence-electron chi connectivity index (χ4n) is 2.75. The van der Waals surface area contributed by atoms with Crippen molar-refractivity contribution in [3.63, 3.8) is 0 Å². The van der Waals surface area contributed by atoms with E-state index in [1.807, 2.05) is 32.9 Å². The van der Waals surface area contributed by atoms with Crippen LogP contribution in [0.15, 0.2) is 27.8 Å². The normalized spacial score (nSPS) is 17.5. The lowest BCUT2D eigenvalue weighted by Crippen LogP contribution is -2.40. The van der Waals surface area contributed by atoms with Gasteiger partial charge in [-0.25, -0.2) is 0 Å². The van der Waals surface area contributed by atoms with Crippen LogP contribution in [-0.4, -0.2) is 49.9 Å². The second kappa shape index (κ2) is 13.0. The van der Waals surface area contributed by atoms with E-state index in [9.17, 15) is 4.79 Å². The molecule has 0 saturated carbocycles. The summed E-state index contributed by atoms with van der Waals surface area (Å²) in [6, 6.07) is 3.83. The molecular formula is C20H34IN3O4. The number of rotatable bonds is 8. The highest BCUT2D eigenvalue weighted by atomic mass is 127. The average Bonchev–Trinajstić information content (AvgIpc) is 3.12. The number of hydrogen-bond acceptors (Lipinski definition) is 5. The smallest absolute Gasteiger partial charge is 0.308 e. The zero-order valence-corrected chi connectivity index (χ0v) is 19.5. The van der Waals surface area contributed by atoms with Crippen molar-refractivity contribution in [3.05, 3.63) is 24.2 Å². The van der Waals surface area contributed by atoms with Gasteiger partial charge >= 0.3 is 5.97 Å². The third kappa shape index (κ3) is 10.9. The molecule has 8 heteroatoms. The van der Waals surface area contributed by atoms with Gasteiger partial charge < -0.3 is 24.5 Å². The highest BCUT2D eigenvalue weighted by Gasteiger charge is 2.16. The summed E-state index contributed by atoms with van der Waals surface area (Å²) in [5.74, 6) is 1.38. The number of guanidine groups is 1. The molecule has 2 rings (SSSR count). The number of nitrogens with zero attached hydrogens (tertiary/aromatic N) is 1. The number of furan rings is 1. The topological polar surface area (TPSA) is 85.1 Å². The monoisotopic (exact) mass is 507 g/mol. The van der Waals surface area contributed by atoms with E-state index in [1.54, 1.807) is 6.26 Å². The van der Waals surface area contributed by atoms with Crippen LogP contribution in [0.1, 0.15) is 52.2 Å². The maximum Gasteiger partial charge on any atom is 0.308 e. The molecule has 0 amide bonds. The molecule has 1 aromatic rings. The van der Waals surface area contributed by atoms with Gasteiger partial charge in [-0.15, -0.1) is 24.0 Å². The zero-order valence-electron chi connectivity index (χ0n) is 17.2. The van der Waals surface area contributed by atoms with Crippen LogP contribution in [0, 0.1) is 0 Å². The van der Waals surface area contributed by atoms with E-state index < -0.39 is 5.60 Å². The molecule has 1 fully saturated rings. The SMILES string of the molecule is CC(C)(C)OC(=O)CCNC(=NCC1CCCCO1)NCCc1ccco1.I. The zero-order chi connectivity index (χ0) is 19.5. The number of carbonyl (C=O) groups is 1. The number of hydrogen-bond donors (Lipinski definition) is 2. The summed E-state index contributed by atoms with van der Waals surface area (Å²) in [6.45, 7) is 8.18. The van der Waals surface area contributed by atoms with Gasteiger partial charge in [0.05, 0.1) is 25.3 Å². The largest absolute Gasteiger partial charge is 0.469 e. The van der Waals surface area contributed by atoms with Gasteiger partial charge in [0.1, 0.15) is 11.4 Å². The number of halogens is 1. The lowest BCUT2D eigenvalue weighted by Gasteiger charge is -2.22. The molecule has 0 bridgehead atoms. The van der Waals surface area contributed by atoms with Gasteiger partial charge in [0.2, 0.25) is 0 Å². The summed E-state index contributed by atoms with van der Waals surface area (Å²) < 4.78 is 16.4. The molecule has 1 aliphatic rings. The van der Waals surface area contributed by atoms with Crippen LogP contribution in [-0.2, 0) is 20.7 Å². The van der Waals surface area contributed by atoms with Gasteiger partial charge in [-0.2, -0.15) is 0 Å². The quantitative estimate of drug-likeness (QED) is 0.243. The first-order chi connectivity index (χ1) is 12.9. The number of carbonyl (C=O) groups excluding carboxylic acids is 1. The summed E-state index contributed by atoms with van der Waals surface area (Å²) in [5, 5.41) is 6.50. The van der Waals surface area contributed by atoms with E-state index in [0.717, 1.165) is 31.6 Å². The van der Waals surface area contributed by atoms with Crippen LogP contribution >= 0.6 is 24.0 Å². The molecule has 7 nitrogen and oxygen atoms in total. The Hall–Kier alpha value is -1.29. The van der Waals surface area contributed by atoms with E-state index >= 15 is 0 Å². The molecule has 1 aliphatic heterocycles. The third-order valence-electron chi connectivity index (χ3n) is 4.01. The van der Waals surface area contributed by atoms with E-state index in [-0.39, 0.29) is 42.5 Å². The lowest BCUT2D eigenvalue weighted by atomic mass is 10.1. The number of aliphatic imine (C=N–C) groups is 1. The number of nitrogens with one attached hydrogen (secondary N) is 2. The summed E-state index contributed by atoms with van der Waals surface area (Å²) in [4.78, 5) is 16.5. The summed E-state index contributed by atoms with van der Waals surface area (Å²) >= 11 is 0. The van der Waals surface area contributed by atoms with Crippen molar-refractivity contribution in [2.24, 2.45) is 4.99 Å². The molecule has 160 valence electrons. The average molecular weight is 507 g/mol. The Morgan fingerprint density at radius 1 is 1.29 bits per heavy atom. The summed E-state index contributed by atoms with van der Waals surface area (Å²) in [5.41, 5.74) is -0.465. The molecule has 2 N–H and O–H groups in total. The van der Waals surface area contributed by atoms with Crippen molar-refractivity contribution in [1.82, 2.24) is 10.6 Å². The van der Waals surface area contributed by atoms with Gasteiger partial charge in [-0.05, 0) is 52.2 Å². The van der Waals surface area contributed by atoms with Gasteiger partial charge in [0, 0.05) is 26.1 Å². The van der Waals surface area contributed by atoms with Gasteiger partial charge in [-0.3, -0.25) is 9.79 Å². The fraction of sp³-hybridized carbons (Fsp3) is 0.700. The van der Waals surface area contributed by atoms with Crippen molar-refractivity contribution < 1.29 is 18.7 Å². The summed E-state index contributed by atoms with van der Waals surface area (Å²) in [7, 11) is 0. The molecular weight excluding hydrogens is 473 g/mol. The Kier molecular flexibility index (Phi) is 11.5. The Morgan fingerprint density at radius 2 is 2.07 bits per heavy atom. The van der Waals surface area contributed by atoms with Crippen LogP contribution in [0.3, 0.4) is 0 Å². The van der Waals surface area contributed by atoms with Gasteiger partial charge in [-0.1, -0.05) is 0 Å². The maximum atomic E-state index is 11.9. The van der Waals surface area contributed by atoms with Gasteiger partial charge in [0.15, 0.2) is 5.96 Å². The maximum absolute atomic E-state index is 11.9. The van der Waals surface area contributed by atoms with Crippen molar-refractivity contribution in [1.29, 1.82) is 0 Å². The predicted octanol–water partition coefficient (Wildman–Crippen LogP) is 3.28. The molecule has 2 heterocycles. The van der Waals surface area contributed by atoms with Crippen molar-refractivity contribution >= 4 is 35.9 Å². The van der Waals surface area contributed by atoms with E-state index in [2.05, 4.69) is 15.6 Å². The van der Waals surface area contributed by atoms with Crippen LogP contribution in [0.25, 0.3) is 0 Å². The Balaban J connectivity index is 0.00000392. The molecule has 1 saturated heterocycles. The van der Waals surface area contributed by atoms with E-state index in [4.69, 9.17) is 13.9 Å². The fourth-order valence-corrected chi connectivity index (χ4v) is 2.75. The number of ether oxygens (including phenoxy) is 2. The molecule has 1 unspecified atom stereocenters. The highest BCUT2D eigenvalue weighted by molar-refractivity contribution is 14.0.